The van der Waals surface area contributed by atoms with Gasteiger partial charge in [-0.2, -0.15) is 0 Å². The number of aryl methyl sites for hydroxylation is 3. The van der Waals surface area contributed by atoms with Gasteiger partial charge in [0.1, 0.15) is 0 Å². The van der Waals surface area contributed by atoms with Crippen LogP contribution in [0.3, 0.4) is 0 Å². The molecule has 0 radical (unpaired) electrons. The average Bonchev–Trinajstić information content (AvgIpc) is 3.02. The van der Waals surface area contributed by atoms with Crippen LogP contribution >= 0.6 is 0 Å². The van der Waals surface area contributed by atoms with E-state index in [0.717, 1.165) is 11.6 Å². The van der Waals surface area contributed by atoms with Crippen molar-refractivity contribution in [2.45, 2.75) is 45.1 Å². The standard InChI is InChI=1S/C16H19N3/c1-11-10-19(15-7-8-15)16(17-11)18-14-6-5-12-3-2-4-13(12)9-14/h5-6,9-10,15H,2-4,7-8H2,1H3,(H,17,18). The van der Waals surface area contributed by atoms with Crippen LogP contribution < -0.4 is 5.32 Å². The molecule has 1 aromatic heterocycles. The summed E-state index contributed by atoms with van der Waals surface area (Å²) in [5.41, 5.74) is 5.29. The Bertz CT molecular complexity index is 623. The number of benzene rings is 1. The van der Waals surface area contributed by atoms with Crippen molar-refractivity contribution in [3.05, 3.63) is 41.2 Å². The van der Waals surface area contributed by atoms with Gasteiger partial charge < -0.3 is 9.88 Å². The molecule has 0 bridgehead atoms. The lowest BCUT2D eigenvalue weighted by Crippen LogP contribution is -2.01. The summed E-state index contributed by atoms with van der Waals surface area (Å²) >= 11 is 0. The van der Waals surface area contributed by atoms with Gasteiger partial charge in [0.05, 0.1) is 5.69 Å². The van der Waals surface area contributed by atoms with Crippen LogP contribution in [-0.2, 0) is 12.8 Å². The molecule has 0 spiro atoms. The van der Waals surface area contributed by atoms with Crippen molar-refractivity contribution in [1.82, 2.24) is 9.55 Å². The van der Waals surface area contributed by atoms with Gasteiger partial charge in [-0.15, -0.1) is 0 Å². The van der Waals surface area contributed by atoms with Crippen molar-refractivity contribution in [1.29, 1.82) is 0 Å². The lowest BCUT2D eigenvalue weighted by molar-refractivity contribution is 0.750. The van der Waals surface area contributed by atoms with Crippen molar-refractivity contribution >= 4 is 11.6 Å². The Hall–Kier alpha value is -1.77. The predicted molar refractivity (Wildman–Crippen MR) is 77.0 cm³/mol. The molecule has 3 nitrogen and oxygen atoms in total. The summed E-state index contributed by atoms with van der Waals surface area (Å²) in [7, 11) is 0. The molecule has 2 aromatic rings. The lowest BCUT2D eigenvalue weighted by atomic mass is 10.1. The smallest absolute Gasteiger partial charge is 0.207 e. The molecule has 0 atom stereocenters. The first-order valence-corrected chi connectivity index (χ1v) is 7.24. The normalized spacial score (nSPS) is 17.5. The zero-order valence-electron chi connectivity index (χ0n) is 11.3. The Labute approximate surface area is 113 Å². The highest BCUT2D eigenvalue weighted by atomic mass is 15.2. The molecule has 1 aromatic carbocycles. The Morgan fingerprint density at radius 2 is 2.05 bits per heavy atom. The topological polar surface area (TPSA) is 29.9 Å². The highest BCUT2D eigenvalue weighted by Crippen LogP contribution is 2.38. The van der Waals surface area contributed by atoms with Crippen LogP contribution in [-0.4, -0.2) is 9.55 Å². The van der Waals surface area contributed by atoms with Gasteiger partial charge in [0, 0.05) is 17.9 Å². The molecule has 0 unspecified atom stereocenters. The van der Waals surface area contributed by atoms with E-state index in [2.05, 4.69) is 46.2 Å². The highest BCUT2D eigenvalue weighted by molar-refractivity contribution is 5.57. The van der Waals surface area contributed by atoms with E-state index in [-0.39, 0.29) is 0 Å². The Balaban J connectivity index is 1.64. The van der Waals surface area contributed by atoms with E-state index in [4.69, 9.17) is 0 Å². The maximum atomic E-state index is 4.61. The third-order valence-electron chi connectivity index (χ3n) is 4.15. The number of fused-ring (bicyclic) bond motifs is 1. The first-order valence-electron chi connectivity index (χ1n) is 7.24. The van der Waals surface area contributed by atoms with Crippen molar-refractivity contribution < 1.29 is 0 Å². The van der Waals surface area contributed by atoms with Gasteiger partial charge in [0.25, 0.3) is 0 Å². The molecule has 2 aliphatic rings. The highest BCUT2D eigenvalue weighted by Gasteiger charge is 2.26. The van der Waals surface area contributed by atoms with Crippen LogP contribution in [0.4, 0.5) is 11.6 Å². The van der Waals surface area contributed by atoms with Crippen LogP contribution in [0.25, 0.3) is 0 Å². The minimum absolute atomic E-state index is 0.665. The van der Waals surface area contributed by atoms with Gasteiger partial charge >= 0.3 is 0 Å². The zero-order valence-corrected chi connectivity index (χ0v) is 11.3. The van der Waals surface area contributed by atoms with Crippen LogP contribution in [0.2, 0.25) is 0 Å². The second-order valence-corrected chi connectivity index (χ2v) is 5.81. The summed E-state index contributed by atoms with van der Waals surface area (Å²) in [6.07, 6.45) is 8.50. The number of nitrogens with one attached hydrogen (secondary N) is 1. The number of hydrogen-bond acceptors (Lipinski definition) is 2. The molecule has 1 saturated carbocycles. The maximum absolute atomic E-state index is 4.61. The second kappa shape index (κ2) is 4.12. The number of rotatable bonds is 3. The van der Waals surface area contributed by atoms with Crippen molar-refractivity contribution in [3.8, 4) is 0 Å². The van der Waals surface area contributed by atoms with Crippen LogP contribution in [0.15, 0.2) is 24.4 Å². The summed E-state index contributed by atoms with van der Waals surface area (Å²) in [5.74, 6) is 0.998. The number of anilines is 2. The van der Waals surface area contributed by atoms with E-state index < -0.39 is 0 Å². The van der Waals surface area contributed by atoms with Crippen LogP contribution in [0.1, 0.15) is 42.1 Å². The fourth-order valence-electron chi connectivity index (χ4n) is 3.02. The summed E-state index contributed by atoms with van der Waals surface area (Å²) in [6.45, 7) is 2.06. The van der Waals surface area contributed by atoms with Gasteiger partial charge in [0.2, 0.25) is 5.95 Å². The fraction of sp³-hybridized carbons (Fsp3) is 0.438. The van der Waals surface area contributed by atoms with Crippen LogP contribution in [0.5, 0.6) is 0 Å². The SMILES string of the molecule is Cc1cn(C2CC2)c(Nc2ccc3c(c2)CCC3)n1. The molecule has 1 N–H and O–H groups in total. The minimum Gasteiger partial charge on any atom is -0.326 e. The largest absolute Gasteiger partial charge is 0.326 e. The van der Waals surface area contributed by atoms with Gasteiger partial charge in [-0.1, -0.05) is 6.07 Å². The van der Waals surface area contributed by atoms with E-state index in [9.17, 15) is 0 Å². The molecule has 98 valence electrons. The zero-order chi connectivity index (χ0) is 12.8. The first-order chi connectivity index (χ1) is 9.29. The molecule has 3 heteroatoms. The number of nitrogens with zero attached hydrogens (tertiary/aromatic N) is 2. The monoisotopic (exact) mass is 253 g/mol. The molecule has 4 rings (SSSR count). The molecule has 0 saturated heterocycles. The lowest BCUT2D eigenvalue weighted by Gasteiger charge is -2.10. The summed E-state index contributed by atoms with van der Waals surface area (Å²) < 4.78 is 2.29. The quantitative estimate of drug-likeness (QED) is 0.902. The molecule has 0 amide bonds. The number of aromatic nitrogens is 2. The molecule has 2 aliphatic carbocycles. The third-order valence-corrected chi connectivity index (χ3v) is 4.15. The van der Waals surface area contributed by atoms with Crippen LogP contribution in [0, 0.1) is 6.92 Å². The molecule has 0 aliphatic heterocycles. The third kappa shape index (κ3) is 2.03. The second-order valence-electron chi connectivity index (χ2n) is 5.81. The van der Waals surface area contributed by atoms with Crippen molar-refractivity contribution in [3.63, 3.8) is 0 Å². The summed E-state index contributed by atoms with van der Waals surface area (Å²) in [5, 5.41) is 3.50. The molecular formula is C16H19N3. The van der Waals surface area contributed by atoms with E-state index >= 15 is 0 Å². The van der Waals surface area contributed by atoms with Gasteiger partial charge in [-0.25, -0.2) is 4.98 Å². The first kappa shape index (κ1) is 11.1. The van der Waals surface area contributed by atoms with E-state index in [1.165, 1.54) is 48.9 Å². The Kier molecular flexibility index (Phi) is 2.40. The average molecular weight is 253 g/mol. The minimum atomic E-state index is 0.665. The Morgan fingerprint density at radius 1 is 1.21 bits per heavy atom. The molecular weight excluding hydrogens is 234 g/mol. The molecule has 1 heterocycles. The molecule has 19 heavy (non-hydrogen) atoms. The number of hydrogen-bond donors (Lipinski definition) is 1. The van der Waals surface area contributed by atoms with Crippen molar-refractivity contribution in [2.75, 3.05) is 5.32 Å². The fourth-order valence-corrected chi connectivity index (χ4v) is 3.02. The molecule has 1 fully saturated rings. The van der Waals surface area contributed by atoms with E-state index in [0.29, 0.717) is 6.04 Å². The van der Waals surface area contributed by atoms with Gasteiger partial charge in [0.15, 0.2) is 0 Å². The predicted octanol–water partition coefficient (Wildman–Crippen LogP) is 3.76. The van der Waals surface area contributed by atoms with E-state index in [1.54, 1.807) is 0 Å². The maximum Gasteiger partial charge on any atom is 0.207 e. The summed E-state index contributed by atoms with van der Waals surface area (Å²) in [4.78, 5) is 4.61. The Morgan fingerprint density at radius 3 is 2.89 bits per heavy atom. The summed E-state index contributed by atoms with van der Waals surface area (Å²) in [6, 6.07) is 7.41. The van der Waals surface area contributed by atoms with Gasteiger partial charge in [-0.05, 0) is 62.3 Å². The van der Waals surface area contributed by atoms with Gasteiger partial charge in [-0.3, -0.25) is 0 Å². The van der Waals surface area contributed by atoms with E-state index in [1.807, 2.05) is 0 Å². The van der Waals surface area contributed by atoms with Crippen molar-refractivity contribution in [2.24, 2.45) is 0 Å². The number of imidazole rings is 1.